The van der Waals surface area contributed by atoms with E-state index < -0.39 is 9.84 Å². The average molecular weight is 507 g/mol. The Hall–Kier alpha value is -0.161. The zero-order valence-corrected chi connectivity index (χ0v) is 23.4. The van der Waals surface area contributed by atoms with Gasteiger partial charge in [-0.05, 0) is 0 Å². The van der Waals surface area contributed by atoms with E-state index in [0.29, 0.717) is 3.90 Å². The van der Waals surface area contributed by atoms with Crippen LogP contribution in [0.5, 0.6) is 0 Å². The number of aromatic nitrogens is 1. The van der Waals surface area contributed by atoms with E-state index in [0.717, 1.165) is 31.2 Å². The van der Waals surface area contributed by atoms with Gasteiger partial charge >= 0.3 is 176 Å². The second-order valence-corrected chi connectivity index (χ2v) is 15.3. The molecular formula is C23H41NO2S2Se. The van der Waals surface area contributed by atoms with Gasteiger partial charge in [-0.25, -0.2) is 0 Å². The Balaban J connectivity index is 0.00000204. The second kappa shape index (κ2) is 10.4. The maximum atomic E-state index is 13.1. The minimum atomic E-state index is -3.28. The van der Waals surface area contributed by atoms with Crippen LogP contribution < -0.4 is 0 Å². The fraction of sp³-hybridized carbons (Fsp3) is 0.783. The number of nitrogens with zero attached hydrogens (tertiary/aromatic N) is 1. The molecule has 0 aliphatic rings. The molecule has 2 heterocycles. The molecule has 0 aromatic carbocycles. The van der Waals surface area contributed by atoms with Crippen molar-refractivity contribution in [3.05, 3.63) is 9.75 Å². The third-order valence-electron chi connectivity index (χ3n) is 4.86. The van der Waals surface area contributed by atoms with Crippen molar-refractivity contribution >= 4 is 45.5 Å². The summed E-state index contributed by atoms with van der Waals surface area (Å²) in [5.74, 6) is 0.503. The monoisotopic (exact) mass is 507 g/mol. The van der Waals surface area contributed by atoms with Crippen LogP contribution in [0.15, 0.2) is 3.90 Å². The molecule has 0 aliphatic heterocycles. The first kappa shape index (κ1) is 26.9. The molecule has 0 N–H and O–H groups in total. The number of rotatable bonds is 7. The predicted molar refractivity (Wildman–Crippen MR) is 131 cm³/mol. The molecule has 2 rings (SSSR count). The number of fused-ring (bicyclic) bond motifs is 1. The summed E-state index contributed by atoms with van der Waals surface area (Å²) in [6, 6.07) is 0. The SMILES string of the molecule is CC.CCCCC(CC)CS(=O)(=O)c1nc2c(C(C)(C)C)sc(C(C)(C)C)c2[se]1. The first-order chi connectivity index (χ1) is 13.3. The van der Waals surface area contributed by atoms with E-state index >= 15 is 0 Å². The van der Waals surface area contributed by atoms with Crippen molar-refractivity contribution in [1.82, 2.24) is 4.98 Å². The first-order valence-corrected chi connectivity index (χ1v) is 15.2. The number of unbranched alkanes of at least 4 members (excludes halogenated alkanes) is 1. The van der Waals surface area contributed by atoms with Crippen LogP contribution in [0.4, 0.5) is 0 Å². The van der Waals surface area contributed by atoms with E-state index in [1.807, 2.05) is 25.2 Å². The summed E-state index contributed by atoms with van der Waals surface area (Å²) < 4.78 is 28.0. The average Bonchev–Trinajstić information content (AvgIpc) is 3.18. The van der Waals surface area contributed by atoms with Crippen molar-refractivity contribution in [3.63, 3.8) is 0 Å². The van der Waals surface area contributed by atoms with E-state index in [9.17, 15) is 8.42 Å². The van der Waals surface area contributed by atoms with Crippen molar-refractivity contribution in [2.75, 3.05) is 5.75 Å². The molecule has 0 aliphatic carbocycles. The zero-order valence-electron chi connectivity index (χ0n) is 20.1. The fourth-order valence-corrected chi connectivity index (χ4v) is 10.3. The predicted octanol–water partition coefficient (Wildman–Crippen LogP) is 6.96. The van der Waals surface area contributed by atoms with Crippen LogP contribution in [0.2, 0.25) is 0 Å². The minimum absolute atomic E-state index is 0.0157. The van der Waals surface area contributed by atoms with Crippen molar-refractivity contribution in [3.8, 4) is 0 Å². The van der Waals surface area contributed by atoms with E-state index in [-0.39, 0.29) is 37.0 Å². The van der Waals surface area contributed by atoms with Crippen LogP contribution in [0.25, 0.3) is 9.78 Å². The Morgan fingerprint density at radius 2 is 1.55 bits per heavy atom. The van der Waals surface area contributed by atoms with Crippen LogP contribution in [0, 0.1) is 5.92 Å². The molecule has 6 heteroatoms. The van der Waals surface area contributed by atoms with Gasteiger partial charge in [-0.2, -0.15) is 0 Å². The van der Waals surface area contributed by atoms with Crippen molar-refractivity contribution in [2.45, 2.75) is 110 Å². The van der Waals surface area contributed by atoms with Gasteiger partial charge in [-0.1, -0.05) is 13.8 Å². The number of hydrogen-bond donors (Lipinski definition) is 0. The van der Waals surface area contributed by atoms with Gasteiger partial charge in [0.05, 0.1) is 0 Å². The summed E-state index contributed by atoms with van der Waals surface area (Å²) >= 11 is 1.62. The van der Waals surface area contributed by atoms with Crippen LogP contribution in [0.3, 0.4) is 0 Å². The number of hydrogen-bond acceptors (Lipinski definition) is 4. The van der Waals surface area contributed by atoms with Crippen LogP contribution >= 0.6 is 11.3 Å². The Labute approximate surface area is 189 Å². The molecule has 0 amide bonds. The summed E-state index contributed by atoms with van der Waals surface area (Å²) in [6.45, 7) is 21.5. The first-order valence-electron chi connectivity index (χ1n) is 11.0. The molecule has 2 aromatic heterocycles. The molecule has 1 atom stereocenters. The maximum absolute atomic E-state index is 13.1. The van der Waals surface area contributed by atoms with Crippen molar-refractivity contribution < 1.29 is 8.42 Å². The molecule has 0 bridgehead atoms. The van der Waals surface area contributed by atoms with Crippen LogP contribution in [-0.4, -0.2) is 33.7 Å². The van der Waals surface area contributed by atoms with Crippen LogP contribution in [0.1, 0.15) is 105 Å². The fourth-order valence-electron chi connectivity index (χ4n) is 3.22. The standard InChI is InChI=1S/C21H35NO2S2Se.C2H6/c1-9-11-12-14(10-2)13-26(23,24)19-22-15-16(27-19)18(21(6,7)8)25-17(15)20(3,4)5;1-2/h14H,9-13H2,1-8H3;1-2H3. The molecule has 0 fully saturated rings. The van der Waals surface area contributed by atoms with Crippen LogP contribution in [-0.2, 0) is 20.7 Å². The van der Waals surface area contributed by atoms with Gasteiger partial charge in [-0.3, -0.25) is 0 Å². The second-order valence-electron chi connectivity index (χ2n) is 9.62. The van der Waals surface area contributed by atoms with Gasteiger partial charge in [0.25, 0.3) is 0 Å². The number of sulfone groups is 1. The van der Waals surface area contributed by atoms with Gasteiger partial charge in [0.2, 0.25) is 0 Å². The summed E-state index contributed by atoms with van der Waals surface area (Å²) in [4.78, 5) is 7.30. The third-order valence-corrected chi connectivity index (χ3v) is 12.6. The third kappa shape index (κ3) is 6.66. The van der Waals surface area contributed by atoms with E-state index in [1.54, 1.807) is 0 Å². The van der Waals surface area contributed by atoms with Crippen molar-refractivity contribution in [2.24, 2.45) is 5.92 Å². The molecule has 0 radical (unpaired) electrons. The molecule has 1 unspecified atom stereocenters. The van der Waals surface area contributed by atoms with E-state index in [4.69, 9.17) is 4.98 Å². The van der Waals surface area contributed by atoms with Crippen molar-refractivity contribution in [1.29, 1.82) is 0 Å². The summed E-state index contributed by atoms with van der Waals surface area (Å²) in [7, 11) is -3.28. The molecule has 168 valence electrons. The van der Waals surface area contributed by atoms with Gasteiger partial charge in [0.15, 0.2) is 0 Å². The molecule has 0 saturated heterocycles. The van der Waals surface area contributed by atoms with Gasteiger partial charge < -0.3 is 0 Å². The topological polar surface area (TPSA) is 47.0 Å². The summed E-state index contributed by atoms with van der Waals surface area (Å²) in [5.41, 5.74) is 0.962. The zero-order chi connectivity index (χ0) is 22.6. The normalized spacial score (nSPS) is 14.0. The van der Waals surface area contributed by atoms with E-state index in [2.05, 4.69) is 55.4 Å². The Bertz CT molecular complexity index is 834. The molecule has 29 heavy (non-hydrogen) atoms. The summed E-state index contributed by atoms with van der Waals surface area (Å²) in [5, 5.41) is 0. The quantitative estimate of drug-likeness (QED) is 0.381. The molecule has 2 aromatic rings. The Morgan fingerprint density at radius 1 is 1.00 bits per heavy atom. The van der Waals surface area contributed by atoms with Gasteiger partial charge in [-0.15, -0.1) is 0 Å². The Morgan fingerprint density at radius 3 is 2.00 bits per heavy atom. The Kier molecular flexibility index (Phi) is 9.67. The summed E-state index contributed by atoms with van der Waals surface area (Å²) in [6.07, 6.45) is 4.12. The molecule has 0 saturated carbocycles. The van der Waals surface area contributed by atoms with Gasteiger partial charge in [0.1, 0.15) is 0 Å². The molecular weight excluding hydrogens is 465 g/mol. The van der Waals surface area contributed by atoms with Gasteiger partial charge in [0, 0.05) is 0 Å². The van der Waals surface area contributed by atoms with E-state index in [1.165, 1.54) is 14.0 Å². The number of thiophene rings is 1. The molecule has 0 spiro atoms. The molecule has 3 nitrogen and oxygen atoms in total.